The van der Waals surface area contributed by atoms with Crippen LogP contribution in [-0.4, -0.2) is 66.0 Å². The number of carbonyl (C=O) groups excluding carboxylic acids is 2. The fourth-order valence-corrected chi connectivity index (χ4v) is 8.87. The Labute approximate surface area is 302 Å². The van der Waals surface area contributed by atoms with Gasteiger partial charge >= 0.3 is 0 Å². The number of nitrogens with zero attached hydrogens (tertiary/aromatic N) is 3. The molecule has 9 nitrogen and oxygen atoms in total. The number of likely N-dealkylation sites (tertiary alicyclic amines) is 1. The van der Waals surface area contributed by atoms with Crippen LogP contribution in [0.3, 0.4) is 0 Å². The molecule has 3 saturated heterocycles. The number of benzene rings is 2. The number of halogens is 2. The molecule has 3 aliphatic heterocycles. The van der Waals surface area contributed by atoms with Crippen molar-refractivity contribution in [2.75, 3.05) is 33.3 Å². The summed E-state index contributed by atoms with van der Waals surface area (Å²) in [5.41, 5.74) is 8.44. The van der Waals surface area contributed by atoms with E-state index in [-0.39, 0.29) is 29.3 Å². The number of hydrogen-bond acceptors (Lipinski definition) is 7. The summed E-state index contributed by atoms with van der Waals surface area (Å²) < 4.78 is 5.74. The van der Waals surface area contributed by atoms with Crippen LogP contribution >= 0.6 is 23.2 Å². The summed E-state index contributed by atoms with van der Waals surface area (Å²) in [6, 6.07) is 18.8. The average Bonchev–Trinajstić information content (AvgIpc) is 3.72. The van der Waals surface area contributed by atoms with E-state index in [0.717, 1.165) is 79.7 Å². The first-order valence-electron chi connectivity index (χ1n) is 17.4. The fraction of sp³-hybridized carbons (Fsp3) is 0.385. The molecule has 0 saturated carbocycles. The number of methoxy groups -OCH3 is 1. The van der Waals surface area contributed by atoms with Crippen molar-refractivity contribution < 1.29 is 14.3 Å². The van der Waals surface area contributed by atoms with Crippen molar-refractivity contribution in [1.29, 1.82) is 0 Å². The average molecular weight is 712 g/mol. The SMILES string of the molecule is COc1nc(-c2cccc(-c3ccnc(-c4ccc5c(c4)CCC[C@H]5NC[C@@H]4CCC(=O)N4)c3Cl)c2Cl)ccc1CN1CC2(CNC(=O)C2)C1. The number of aryl methyl sites for hydroxylation is 1. The lowest BCUT2D eigenvalue weighted by molar-refractivity contribution is -0.121. The maximum absolute atomic E-state index is 11.8. The number of nitrogens with one attached hydrogen (secondary N) is 3. The minimum absolute atomic E-state index is 0.0664. The van der Waals surface area contributed by atoms with Crippen molar-refractivity contribution in [1.82, 2.24) is 30.8 Å². The second-order valence-corrected chi connectivity index (χ2v) is 15.0. The minimum atomic E-state index is 0.0664. The quantitative estimate of drug-likeness (QED) is 0.186. The fourth-order valence-electron chi connectivity index (χ4n) is 8.23. The molecule has 2 amide bonds. The number of amides is 2. The standard InChI is InChI=1S/C39H40Cl2N6O3/c1-50-38-25(19-47-21-39(22-47)17-34(49)44-20-39)9-12-32(46-38)30-6-3-5-28(35(30)40)29-14-15-42-37(36(29)41)24-8-11-27-23(16-24)4-2-7-31(27)43-18-26-10-13-33(48)45-26/h3,5-6,8-9,11-12,14-16,26,31,43H,2,4,7,10,13,17-22H2,1H3,(H,44,49)(H,45,48)/t26-,31+/m0/s1. The van der Waals surface area contributed by atoms with Gasteiger partial charge in [0.05, 0.1) is 28.5 Å². The van der Waals surface area contributed by atoms with Gasteiger partial charge in [-0.2, -0.15) is 0 Å². The number of ether oxygens (including phenoxy) is 1. The lowest BCUT2D eigenvalue weighted by Gasteiger charge is -2.47. The predicted molar refractivity (Wildman–Crippen MR) is 195 cm³/mol. The number of rotatable bonds is 9. The molecule has 50 heavy (non-hydrogen) atoms. The third-order valence-corrected chi connectivity index (χ3v) is 11.5. The van der Waals surface area contributed by atoms with Gasteiger partial charge in [0.15, 0.2) is 0 Å². The zero-order valence-electron chi connectivity index (χ0n) is 28.0. The van der Waals surface area contributed by atoms with Gasteiger partial charge in [0, 0.05) is 97.1 Å². The van der Waals surface area contributed by atoms with Crippen molar-refractivity contribution in [3.05, 3.63) is 87.5 Å². The van der Waals surface area contributed by atoms with E-state index in [9.17, 15) is 9.59 Å². The van der Waals surface area contributed by atoms with Gasteiger partial charge in [-0.05, 0) is 55.0 Å². The molecule has 8 rings (SSSR count). The number of fused-ring (bicyclic) bond motifs is 1. The van der Waals surface area contributed by atoms with Crippen LogP contribution in [0, 0.1) is 5.41 Å². The zero-order valence-corrected chi connectivity index (χ0v) is 29.5. The molecule has 258 valence electrons. The highest BCUT2D eigenvalue weighted by Crippen LogP contribution is 2.43. The number of pyridine rings is 2. The van der Waals surface area contributed by atoms with Crippen molar-refractivity contribution >= 4 is 35.0 Å². The van der Waals surface area contributed by atoms with Crippen LogP contribution in [0.15, 0.2) is 60.8 Å². The smallest absolute Gasteiger partial charge is 0.220 e. The zero-order chi connectivity index (χ0) is 34.4. The number of carbonyl (C=O) groups is 2. The molecular formula is C39H40Cl2N6O3. The van der Waals surface area contributed by atoms with Crippen LogP contribution in [0.2, 0.25) is 10.0 Å². The van der Waals surface area contributed by atoms with Gasteiger partial charge in [-0.15, -0.1) is 0 Å². The molecule has 1 spiro atoms. The van der Waals surface area contributed by atoms with E-state index in [2.05, 4.69) is 39.0 Å². The molecule has 3 fully saturated rings. The Morgan fingerprint density at radius 2 is 1.82 bits per heavy atom. The van der Waals surface area contributed by atoms with E-state index in [1.807, 2.05) is 36.4 Å². The molecule has 11 heteroatoms. The molecule has 0 unspecified atom stereocenters. The molecule has 0 bridgehead atoms. The molecule has 0 radical (unpaired) electrons. The van der Waals surface area contributed by atoms with E-state index in [0.29, 0.717) is 46.7 Å². The van der Waals surface area contributed by atoms with Crippen LogP contribution in [-0.2, 0) is 22.6 Å². The molecule has 2 aromatic heterocycles. The summed E-state index contributed by atoms with van der Waals surface area (Å²) in [5.74, 6) is 0.848. The number of hydrogen-bond donors (Lipinski definition) is 3. The first-order chi connectivity index (χ1) is 24.3. The van der Waals surface area contributed by atoms with Crippen molar-refractivity contribution in [3.8, 4) is 39.5 Å². The molecule has 5 heterocycles. The highest BCUT2D eigenvalue weighted by Gasteiger charge is 2.48. The topological polar surface area (TPSA) is 108 Å². The third-order valence-electron chi connectivity index (χ3n) is 10.7. The second-order valence-electron chi connectivity index (χ2n) is 14.2. The Balaban J connectivity index is 1.02. The highest BCUT2D eigenvalue weighted by molar-refractivity contribution is 6.39. The van der Waals surface area contributed by atoms with E-state index in [1.165, 1.54) is 11.1 Å². The van der Waals surface area contributed by atoms with Crippen LogP contribution in [0.1, 0.15) is 54.8 Å². The summed E-state index contributed by atoms with van der Waals surface area (Å²) >= 11 is 14.3. The van der Waals surface area contributed by atoms with E-state index in [4.69, 9.17) is 37.9 Å². The van der Waals surface area contributed by atoms with Crippen molar-refractivity contribution in [2.45, 2.75) is 57.2 Å². The van der Waals surface area contributed by atoms with Crippen molar-refractivity contribution in [3.63, 3.8) is 0 Å². The van der Waals surface area contributed by atoms with Gasteiger partial charge in [-0.3, -0.25) is 19.5 Å². The Hall–Kier alpha value is -4.02. The normalized spacial score (nSPS) is 21.1. The Kier molecular flexibility index (Phi) is 9.02. The molecule has 2 atom stereocenters. The van der Waals surface area contributed by atoms with Crippen molar-refractivity contribution in [2.24, 2.45) is 5.41 Å². The predicted octanol–water partition coefficient (Wildman–Crippen LogP) is 6.36. The highest BCUT2D eigenvalue weighted by atomic mass is 35.5. The van der Waals surface area contributed by atoms with Crippen LogP contribution in [0.25, 0.3) is 33.6 Å². The summed E-state index contributed by atoms with van der Waals surface area (Å²) in [6.07, 6.45) is 7.05. The number of aromatic nitrogens is 2. The first-order valence-corrected chi connectivity index (χ1v) is 18.2. The maximum atomic E-state index is 11.8. The molecule has 4 aromatic rings. The van der Waals surface area contributed by atoms with E-state index >= 15 is 0 Å². The molecule has 4 aliphatic rings. The summed E-state index contributed by atoms with van der Waals surface area (Å²) in [4.78, 5) is 35.3. The van der Waals surface area contributed by atoms with Crippen LogP contribution in [0.4, 0.5) is 0 Å². The third kappa shape index (κ3) is 6.36. The van der Waals surface area contributed by atoms with Gasteiger partial charge in [0.25, 0.3) is 0 Å². The largest absolute Gasteiger partial charge is 0.481 e. The first kappa shape index (κ1) is 33.1. The lowest BCUT2D eigenvalue weighted by atomic mass is 9.79. The Morgan fingerprint density at radius 1 is 0.980 bits per heavy atom. The van der Waals surface area contributed by atoms with Crippen LogP contribution < -0.4 is 20.7 Å². The minimum Gasteiger partial charge on any atom is -0.481 e. The Morgan fingerprint density at radius 3 is 2.60 bits per heavy atom. The molecule has 2 aromatic carbocycles. The lowest BCUT2D eigenvalue weighted by Crippen LogP contribution is -2.56. The second kappa shape index (κ2) is 13.6. The maximum Gasteiger partial charge on any atom is 0.220 e. The summed E-state index contributed by atoms with van der Waals surface area (Å²) in [6.45, 7) is 4.00. The van der Waals surface area contributed by atoms with E-state index in [1.54, 1.807) is 13.3 Å². The Bertz CT molecular complexity index is 1980. The summed E-state index contributed by atoms with van der Waals surface area (Å²) in [5, 5.41) is 10.8. The van der Waals surface area contributed by atoms with Gasteiger partial charge < -0.3 is 20.7 Å². The molecule has 3 N–H and O–H groups in total. The van der Waals surface area contributed by atoms with E-state index < -0.39 is 0 Å². The van der Waals surface area contributed by atoms with Gasteiger partial charge in [0.1, 0.15) is 0 Å². The molecule has 1 aliphatic carbocycles. The summed E-state index contributed by atoms with van der Waals surface area (Å²) in [7, 11) is 1.64. The van der Waals surface area contributed by atoms with Gasteiger partial charge in [0.2, 0.25) is 17.7 Å². The van der Waals surface area contributed by atoms with Gasteiger partial charge in [-0.1, -0.05) is 59.6 Å². The van der Waals surface area contributed by atoms with Crippen LogP contribution in [0.5, 0.6) is 5.88 Å². The monoisotopic (exact) mass is 710 g/mol. The molecular weight excluding hydrogens is 671 g/mol. The van der Waals surface area contributed by atoms with Gasteiger partial charge in [-0.25, -0.2) is 4.98 Å².